The second-order valence-electron chi connectivity index (χ2n) is 12.5. The number of anilines is 2. The molecule has 14 heteroatoms. The molecule has 0 spiro atoms. The van der Waals surface area contributed by atoms with Crippen LogP contribution in [0.1, 0.15) is 22.3 Å². The summed E-state index contributed by atoms with van der Waals surface area (Å²) in [6.07, 6.45) is 5.42. The fraction of sp³-hybridized carbons (Fsp3) is 0.0952. The maximum atomic E-state index is 13.3. The Bertz CT molecular complexity index is 2350. The van der Waals surface area contributed by atoms with Crippen molar-refractivity contribution < 1.29 is 19.1 Å². The third-order valence-electron chi connectivity index (χ3n) is 8.98. The summed E-state index contributed by atoms with van der Waals surface area (Å²) >= 11 is 16.5. The molecular weight excluding hydrogens is 817 g/mol. The number of hydrogen-bond donors (Lipinski definition) is 0. The van der Waals surface area contributed by atoms with Crippen molar-refractivity contribution in [3.63, 3.8) is 0 Å². The van der Waals surface area contributed by atoms with Crippen molar-refractivity contribution in [2.75, 3.05) is 24.0 Å². The van der Waals surface area contributed by atoms with E-state index in [1.807, 2.05) is 71.4 Å². The first-order valence-electron chi connectivity index (χ1n) is 17.2. The zero-order chi connectivity index (χ0) is 38.8. The topological polar surface area (TPSA) is 84.9 Å². The van der Waals surface area contributed by atoms with E-state index in [4.69, 9.17) is 43.9 Å². The van der Waals surface area contributed by atoms with Crippen LogP contribution in [0, 0.1) is 0 Å². The highest BCUT2D eigenvalue weighted by Crippen LogP contribution is 2.40. The molecule has 4 heterocycles. The maximum Gasteiger partial charge on any atom is 0.272 e. The Balaban J connectivity index is 0.865. The molecule has 0 radical (unpaired) electrons. The Hall–Kier alpha value is -4.96. The van der Waals surface area contributed by atoms with Gasteiger partial charge < -0.3 is 9.47 Å². The molecule has 2 aromatic heterocycles. The molecule has 2 fully saturated rings. The molecule has 4 aromatic carbocycles. The van der Waals surface area contributed by atoms with Gasteiger partial charge in [0, 0.05) is 21.9 Å². The van der Waals surface area contributed by atoms with Crippen molar-refractivity contribution >= 4 is 114 Å². The summed E-state index contributed by atoms with van der Waals surface area (Å²) in [6, 6.07) is 31.8. The van der Waals surface area contributed by atoms with E-state index in [-0.39, 0.29) is 11.8 Å². The van der Waals surface area contributed by atoms with Gasteiger partial charge in [-0.1, -0.05) is 121 Å². The van der Waals surface area contributed by atoms with Crippen molar-refractivity contribution in [3.05, 3.63) is 140 Å². The van der Waals surface area contributed by atoms with E-state index < -0.39 is 0 Å². The standard InChI is InChI=1S/C42H30N4O4S6/c1-49-31-17-9-27(10-18-31)21-35-37(47)45(41(51)55-35)39-43-33(23-53-39)29-13-5-25(6-14-29)3-4-26-7-15-30(16-8-26)34-24-54-40(44-34)46-38(48)36(56-42(46)52)22-28-11-19-32(50-2)20-12-28/h5-24H,3-4H2,1-2H3/b35-21+,36-22+. The number of aryl methyl sites for hydroxylation is 2. The third-order valence-corrected chi connectivity index (χ3v) is 13.2. The van der Waals surface area contributed by atoms with Gasteiger partial charge in [-0.3, -0.25) is 9.59 Å². The summed E-state index contributed by atoms with van der Waals surface area (Å²) in [6.45, 7) is 0. The second kappa shape index (κ2) is 16.6. The zero-order valence-corrected chi connectivity index (χ0v) is 34.7. The lowest BCUT2D eigenvalue weighted by Crippen LogP contribution is -2.27. The summed E-state index contributed by atoms with van der Waals surface area (Å²) < 4.78 is 11.4. The minimum Gasteiger partial charge on any atom is -0.497 e. The van der Waals surface area contributed by atoms with Crippen molar-refractivity contribution in [1.29, 1.82) is 0 Å². The molecule has 2 aliphatic heterocycles. The van der Waals surface area contributed by atoms with Gasteiger partial charge in [-0.25, -0.2) is 19.8 Å². The Kier molecular flexibility index (Phi) is 11.3. The van der Waals surface area contributed by atoms with E-state index in [1.165, 1.54) is 67.1 Å². The molecule has 0 atom stereocenters. The number of benzene rings is 4. The average Bonchev–Trinajstić information content (AvgIpc) is 4.02. The van der Waals surface area contributed by atoms with Crippen LogP contribution in [0.15, 0.2) is 118 Å². The van der Waals surface area contributed by atoms with E-state index >= 15 is 0 Å². The molecule has 2 saturated heterocycles. The monoisotopic (exact) mass is 846 g/mol. The molecule has 2 aliphatic rings. The Labute approximate surface area is 350 Å². The van der Waals surface area contributed by atoms with Crippen LogP contribution in [0.4, 0.5) is 10.3 Å². The van der Waals surface area contributed by atoms with Gasteiger partial charge in [-0.2, -0.15) is 0 Å². The molecule has 56 heavy (non-hydrogen) atoms. The fourth-order valence-electron chi connectivity index (χ4n) is 5.94. The molecule has 8 nitrogen and oxygen atoms in total. The molecule has 0 N–H and O–H groups in total. The van der Waals surface area contributed by atoms with Crippen LogP contribution in [0.25, 0.3) is 34.7 Å². The summed E-state index contributed by atoms with van der Waals surface area (Å²) in [5.74, 6) is 1.16. The number of thiazole rings is 2. The average molecular weight is 847 g/mol. The highest BCUT2D eigenvalue weighted by molar-refractivity contribution is 8.27. The van der Waals surface area contributed by atoms with Crippen molar-refractivity contribution in [2.24, 2.45) is 0 Å². The van der Waals surface area contributed by atoms with E-state index in [2.05, 4.69) is 48.5 Å². The minimum absolute atomic E-state index is 0.174. The maximum absolute atomic E-state index is 13.3. The number of thiocarbonyl (C=S) groups is 2. The van der Waals surface area contributed by atoms with Crippen molar-refractivity contribution in [2.45, 2.75) is 12.8 Å². The Morgan fingerprint density at radius 3 is 1.30 bits per heavy atom. The first kappa shape index (κ1) is 37.9. The van der Waals surface area contributed by atoms with Gasteiger partial charge in [0.15, 0.2) is 18.9 Å². The minimum atomic E-state index is -0.174. The second-order valence-corrected chi connectivity index (χ2v) is 17.5. The van der Waals surface area contributed by atoms with Gasteiger partial charge in [0.1, 0.15) is 11.5 Å². The number of carbonyl (C=O) groups excluding carboxylic acids is 2. The van der Waals surface area contributed by atoms with Crippen LogP contribution in [0.2, 0.25) is 0 Å². The van der Waals surface area contributed by atoms with Gasteiger partial charge >= 0.3 is 0 Å². The number of thioether (sulfide) groups is 2. The first-order chi connectivity index (χ1) is 27.3. The quantitative estimate of drug-likeness (QED) is 0.0928. The molecule has 0 bridgehead atoms. The lowest BCUT2D eigenvalue weighted by atomic mass is 10.0. The molecule has 278 valence electrons. The van der Waals surface area contributed by atoms with Gasteiger partial charge in [-0.15, -0.1) is 22.7 Å². The van der Waals surface area contributed by atoms with Crippen LogP contribution in [-0.4, -0.2) is 44.6 Å². The molecule has 8 rings (SSSR count). The largest absolute Gasteiger partial charge is 0.497 e. The fourth-order valence-corrected chi connectivity index (χ4v) is 10.4. The van der Waals surface area contributed by atoms with Gasteiger partial charge in [-0.05, 0) is 71.5 Å². The SMILES string of the molecule is COc1ccc(/C=C2/SC(=S)N(c3nc(-c4ccc(CCc5ccc(-c6csc(N7C(=O)/C(=C\c8ccc(OC)cc8)SC7=S)n6)cc5)cc4)cs3)C2=O)cc1. The number of ether oxygens (including phenoxy) is 2. The van der Waals surface area contributed by atoms with E-state index in [0.29, 0.717) is 28.7 Å². The zero-order valence-electron chi connectivity index (χ0n) is 29.8. The van der Waals surface area contributed by atoms with Crippen LogP contribution in [-0.2, 0) is 22.4 Å². The number of carbonyl (C=O) groups is 2. The van der Waals surface area contributed by atoms with Gasteiger partial charge in [0.2, 0.25) is 0 Å². The lowest BCUT2D eigenvalue weighted by molar-refractivity contribution is -0.114. The van der Waals surface area contributed by atoms with Crippen molar-refractivity contribution in [3.8, 4) is 34.0 Å². The third kappa shape index (κ3) is 8.12. The van der Waals surface area contributed by atoms with E-state index in [9.17, 15) is 9.59 Å². The van der Waals surface area contributed by atoms with Crippen molar-refractivity contribution in [1.82, 2.24) is 9.97 Å². The Morgan fingerprint density at radius 2 is 0.946 bits per heavy atom. The Morgan fingerprint density at radius 1 is 0.571 bits per heavy atom. The molecule has 2 amide bonds. The summed E-state index contributed by atoms with van der Waals surface area (Å²) in [4.78, 5) is 40.3. The smallest absolute Gasteiger partial charge is 0.272 e. The number of aromatic nitrogens is 2. The van der Waals surface area contributed by atoms with Crippen LogP contribution in [0.3, 0.4) is 0 Å². The predicted molar refractivity (Wildman–Crippen MR) is 240 cm³/mol. The van der Waals surface area contributed by atoms with Crippen LogP contribution >= 0.6 is 70.6 Å². The van der Waals surface area contributed by atoms with E-state index in [1.54, 1.807) is 14.2 Å². The highest BCUT2D eigenvalue weighted by Gasteiger charge is 2.36. The number of rotatable bonds is 11. The lowest BCUT2D eigenvalue weighted by Gasteiger charge is -2.09. The first-order valence-corrected chi connectivity index (χ1v) is 21.4. The van der Waals surface area contributed by atoms with Crippen LogP contribution < -0.4 is 19.3 Å². The van der Waals surface area contributed by atoms with E-state index in [0.717, 1.165) is 58.0 Å². The molecule has 6 aromatic rings. The number of amides is 2. The number of methoxy groups -OCH3 is 2. The predicted octanol–water partition coefficient (Wildman–Crippen LogP) is 10.5. The number of hydrogen-bond acceptors (Lipinski definition) is 12. The summed E-state index contributed by atoms with van der Waals surface area (Å²) in [5.41, 5.74) is 7.75. The molecular formula is C42H30N4O4S6. The number of nitrogens with zero attached hydrogens (tertiary/aromatic N) is 4. The normalized spacial score (nSPS) is 15.8. The van der Waals surface area contributed by atoms with Gasteiger partial charge in [0.05, 0.1) is 35.4 Å². The molecule has 0 saturated carbocycles. The molecule has 0 unspecified atom stereocenters. The van der Waals surface area contributed by atoms with Crippen LogP contribution in [0.5, 0.6) is 11.5 Å². The molecule has 0 aliphatic carbocycles. The summed E-state index contributed by atoms with van der Waals surface area (Å²) in [5, 5.41) is 5.02. The van der Waals surface area contributed by atoms with Gasteiger partial charge in [0.25, 0.3) is 11.8 Å². The highest BCUT2D eigenvalue weighted by atomic mass is 32.2. The summed E-state index contributed by atoms with van der Waals surface area (Å²) in [7, 11) is 3.24.